The molecule has 5 aliphatic heterocycles. The molecule has 5 aliphatic rings. The number of nitrogens with zero attached hydrogens (tertiary/aromatic N) is 3. The van der Waals surface area contributed by atoms with E-state index in [-0.39, 0.29) is 30.0 Å². The lowest BCUT2D eigenvalue weighted by molar-refractivity contribution is -0.136. The number of piperidine rings is 2. The van der Waals surface area contributed by atoms with Crippen LogP contribution in [0.25, 0.3) is 0 Å². The second-order valence-corrected chi connectivity index (χ2v) is 10.1. The Kier molecular flexibility index (Phi) is 5.18. The Morgan fingerprint density at radius 3 is 2.35 bits per heavy atom. The number of fused-ring (bicyclic) bond motifs is 3. The van der Waals surface area contributed by atoms with Gasteiger partial charge in [0, 0.05) is 38.1 Å². The maximum absolute atomic E-state index is 15.2. The molecule has 1 aromatic carbocycles. The molecule has 0 saturated carbocycles. The fourth-order valence-electron chi connectivity index (χ4n) is 6.36. The summed E-state index contributed by atoms with van der Waals surface area (Å²) in [5.41, 5.74) is 0.451. The Balaban J connectivity index is 1.20. The first kappa shape index (κ1) is 21.7. The van der Waals surface area contributed by atoms with E-state index in [1.807, 2.05) is 4.90 Å². The third-order valence-corrected chi connectivity index (χ3v) is 8.12. The quantitative estimate of drug-likeness (QED) is 0.619. The zero-order valence-electron chi connectivity index (χ0n) is 18.9. The number of halogens is 1. The highest BCUT2D eigenvalue weighted by atomic mass is 19.1. The summed E-state index contributed by atoms with van der Waals surface area (Å²) >= 11 is 0. The lowest BCUT2D eigenvalue weighted by Gasteiger charge is -2.38. The third kappa shape index (κ3) is 3.42. The molecule has 0 aliphatic carbocycles. The zero-order chi connectivity index (χ0) is 23.6. The van der Waals surface area contributed by atoms with Gasteiger partial charge in [0.2, 0.25) is 11.8 Å². The molecule has 34 heavy (non-hydrogen) atoms. The van der Waals surface area contributed by atoms with Crippen molar-refractivity contribution in [2.75, 3.05) is 37.6 Å². The van der Waals surface area contributed by atoms with E-state index in [0.717, 1.165) is 43.6 Å². The molecule has 2 bridgehead atoms. The number of piperazine rings is 1. The zero-order valence-corrected chi connectivity index (χ0v) is 18.9. The van der Waals surface area contributed by atoms with Crippen LogP contribution in [0.2, 0.25) is 0 Å². The molecule has 0 aromatic heterocycles. The highest BCUT2D eigenvalue weighted by molar-refractivity contribution is 6.23. The van der Waals surface area contributed by atoms with Crippen LogP contribution in [0.15, 0.2) is 12.1 Å². The van der Waals surface area contributed by atoms with Crippen molar-refractivity contribution >= 4 is 29.3 Å². The SMILES string of the molecule is O=C1CCC(N2C(=O)c3cc(F)c(N4CC5CC4CN5CC4CCNCC4)cc3C2=O)C(=O)N1. The molecule has 6 rings (SSSR count). The summed E-state index contributed by atoms with van der Waals surface area (Å²) in [4.78, 5) is 55.2. The molecule has 4 amide bonds. The average Bonchev–Trinajstić information content (AvgIpc) is 3.47. The van der Waals surface area contributed by atoms with E-state index in [1.54, 1.807) is 0 Å². The molecular formula is C24H28FN5O4. The first-order valence-corrected chi connectivity index (χ1v) is 12.2. The van der Waals surface area contributed by atoms with E-state index < -0.39 is 35.5 Å². The van der Waals surface area contributed by atoms with E-state index in [4.69, 9.17) is 0 Å². The molecule has 2 N–H and O–H groups in total. The van der Waals surface area contributed by atoms with Crippen LogP contribution >= 0.6 is 0 Å². The number of imide groups is 2. The van der Waals surface area contributed by atoms with Crippen molar-refractivity contribution in [2.45, 2.75) is 50.2 Å². The molecule has 3 unspecified atom stereocenters. The molecule has 180 valence electrons. The summed E-state index contributed by atoms with van der Waals surface area (Å²) in [7, 11) is 0. The first-order chi connectivity index (χ1) is 16.4. The van der Waals surface area contributed by atoms with Gasteiger partial charge < -0.3 is 10.2 Å². The summed E-state index contributed by atoms with van der Waals surface area (Å²) in [6.07, 6.45) is 3.48. The molecule has 9 nitrogen and oxygen atoms in total. The van der Waals surface area contributed by atoms with Crippen LogP contribution in [0.3, 0.4) is 0 Å². The van der Waals surface area contributed by atoms with Crippen LogP contribution in [-0.2, 0) is 9.59 Å². The minimum atomic E-state index is -1.05. The van der Waals surface area contributed by atoms with Crippen molar-refractivity contribution in [3.05, 3.63) is 29.1 Å². The standard InChI is InChI=1S/C24H28FN5O4/c25-18-8-16-17(24(34)30(23(16)33)19-1-2-21(31)27-22(19)32)9-20(18)29-12-14-7-15(29)11-28(14)10-13-3-5-26-6-4-13/h8-9,13-15,19,26H,1-7,10-12H2,(H,27,31,32). The van der Waals surface area contributed by atoms with Gasteiger partial charge in [-0.1, -0.05) is 0 Å². The normalized spacial score (nSPS) is 29.9. The van der Waals surface area contributed by atoms with Gasteiger partial charge in [-0.2, -0.15) is 0 Å². The summed E-state index contributed by atoms with van der Waals surface area (Å²) in [5.74, 6) is -2.21. The van der Waals surface area contributed by atoms with Crippen molar-refractivity contribution in [2.24, 2.45) is 5.92 Å². The number of benzene rings is 1. The van der Waals surface area contributed by atoms with Crippen molar-refractivity contribution in [3.63, 3.8) is 0 Å². The molecule has 4 fully saturated rings. The lowest BCUT2D eigenvalue weighted by Crippen LogP contribution is -2.54. The Bertz CT molecular complexity index is 1090. The number of nitrogens with one attached hydrogen (secondary N) is 2. The van der Waals surface area contributed by atoms with Crippen molar-refractivity contribution in [1.82, 2.24) is 20.4 Å². The maximum Gasteiger partial charge on any atom is 0.262 e. The largest absolute Gasteiger partial charge is 0.363 e. The van der Waals surface area contributed by atoms with Crippen LogP contribution in [0.1, 0.15) is 52.8 Å². The molecule has 4 saturated heterocycles. The van der Waals surface area contributed by atoms with E-state index in [2.05, 4.69) is 15.5 Å². The van der Waals surface area contributed by atoms with Crippen LogP contribution in [0.4, 0.5) is 10.1 Å². The van der Waals surface area contributed by atoms with Gasteiger partial charge in [-0.15, -0.1) is 0 Å². The molecular weight excluding hydrogens is 441 g/mol. The highest BCUT2D eigenvalue weighted by Crippen LogP contribution is 2.39. The fraction of sp³-hybridized carbons (Fsp3) is 0.583. The summed E-state index contributed by atoms with van der Waals surface area (Å²) in [6.45, 7) is 4.80. The van der Waals surface area contributed by atoms with Crippen LogP contribution < -0.4 is 15.5 Å². The predicted octanol–water partition coefficient (Wildman–Crippen LogP) is 0.489. The van der Waals surface area contributed by atoms with Crippen LogP contribution in [-0.4, -0.2) is 84.3 Å². The second kappa shape index (κ2) is 8.13. The molecule has 1 aromatic rings. The second-order valence-electron chi connectivity index (χ2n) is 10.1. The Morgan fingerprint density at radius 2 is 1.68 bits per heavy atom. The van der Waals surface area contributed by atoms with Gasteiger partial charge in [0.1, 0.15) is 11.9 Å². The Morgan fingerprint density at radius 1 is 0.941 bits per heavy atom. The molecule has 3 atom stereocenters. The maximum atomic E-state index is 15.2. The number of carbonyl (C=O) groups is 4. The van der Waals surface area contributed by atoms with Gasteiger partial charge in [-0.25, -0.2) is 4.39 Å². The molecule has 10 heteroatoms. The number of hydrogen-bond donors (Lipinski definition) is 2. The monoisotopic (exact) mass is 469 g/mol. The van der Waals surface area contributed by atoms with Crippen LogP contribution in [0, 0.1) is 11.7 Å². The summed E-state index contributed by atoms with van der Waals surface area (Å²) < 4.78 is 15.2. The van der Waals surface area contributed by atoms with Gasteiger partial charge in [-0.05, 0) is 56.8 Å². The van der Waals surface area contributed by atoms with Crippen LogP contribution in [0.5, 0.6) is 0 Å². The van der Waals surface area contributed by atoms with Crippen molar-refractivity contribution in [3.8, 4) is 0 Å². The predicted molar refractivity (Wildman–Crippen MR) is 120 cm³/mol. The number of hydrogen-bond acceptors (Lipinski definition) is 7. The molecule has 5 heterocycles. The minimum absolute atomic E-state index is 0.0205. The highest BCUT2D eigenvalue weighted by Gasteiger charge is 2.48. The van der Waals surface area contributed by atoms with Gasteiger partial charge in [0.05, 0.1) is 16.8 Å². The number of likely N-dealkylation sites (tertiary alicyclic amines) is 1. The van der Waals surface area contributed by atoms with E-state index >= 15 is 4.39 Å². The number of rotatable bonds is 4. The van der Waals surface area contributed by atoms with Gasteiger partial charge in [0.15, 0.2) is 0 Å². The average molecular weight is 470 g/mol. The number of anilines is 1. The van der Waals surface area contributed by atoms with E-state index in [9.17, 15) is 19.2 Å². The minimum Gasteiger partial charge on any atom is -0.363 e. The topological polar surface area (TPSA) is 102 Å². The van der Waals surface area contributed by atoms with Gasteiger partial charge in [0.25, 0.3) is 11.8 Å². The summed E-state index contributed by atoms with van der Waals surface area (Å²) in [6, 6.07) is 2.11. The molecule has 0 spiro atoms. The Hall–Kier alpha value is -2.85. The van der Waals surface area contributed by atoms with E-state index in [1.165, 1.54) is 18.9 Å². The number of carbonyl (C=O) groups excluding carboxylic acids is 4. The molecule has 0 radical (unpaired) electrons. The van der Waals surface area contributed by atoms with Gasteiger partial charge in [-0.3, -0.25) is 34.3 Å². The fourth-order valence-corrected chi connectivity index (χ4v) is 6.36. The number of amides is 4. The van der Waals surface area contributed by atoms with Crippen molar-refractivity contribution in [1.29, 1.82) is 0 Å². The lowest BCUT2D eigenvalue weighted by atomic mass is 9.97. The summed E-state index contributed by atoms with van der Waals surface area (Å²) in [5, 5.41) is 5.58. The Labute approximate surface area is 196 Å². The van der Waals surface area contributed by atoms with E-state index in [0.29, 0.717) is 24.2 Å². The van der Waals surface area contributed by atoms with Crippen molar-refractivity contribution < 1.29 is 23.6 Å². The first-order valence-electron chi connectivity index (χ1n) is 12.2. The third-order valence-electron chi connectivity index (χ3n) is 8.12. The smallest absolute Gasteiger partial charge is 0.262 e. The van der Waals surface area contributed by atoms with Gasteiger partial charge >= 0.3 is 0 Å².